The number of carbonyl (C=O) groups excluding carboxylic acids is 1. The minimum Gasteiger partial charge on any atom is -0.302 e. The zero-order valence-electron chi connectivity index (χ0n) is 13.0. The van der Waals surface area contributed by atoms with E-state index >= 15 is 0 Å². The molecule has 1 heterocycles. The van der Waals surface area contributed by atoms with Crippen LogP contribution in [0.4, 0.5) is 17.6 Å². The van der Waals surface area contributed by atoms with Crippen molar-refractivity contribution in [2.75, 3.05) is 0 Å². The molecule has 0 saturated carbocycles. The molecule has 1 amide bonds. The first-order valence-corrected chi connectivity index (χ1v) is 8.10. The first-order valence-electron chi connectivity index (χ1n) is 7.29. The molecule has 0 aliphatic rings. The molecule has 8 heteroatoms. The summed E-state index contributed by atoms with van der Waals surface area (Å²) in [6.07, 6.45) is 0.819. The van der Waals surface area contributed by atoms with E-state index in [1.807, 2.05) is 0 Å². The third-order valence-electron chi connectivity index (χ3n) is 3.56. The van der Waals surface area contributed by atoms with E-state index in [1.165, 1.54) is 16.7 Å². The number of hydrogen-bond donors (Lipinski definition) is 0. The van der Waals surface area contributed by atoms with Gasteiger partial charge in [0.25, 0.3) is 5.91 Å². The van der Waals surface area contributed by atoms with Crippen LogP contribution in [0.25, 0.3) is 10.2 Å². The molecule has 0 atom stereocenters. The number of alkyl halides is 3. The van der Waals surface area contributed by atoms with E-state index < -0.39 is 23.5 Å². The quantitative estimate of drug-likeness (QED) is 0.485. The first kappa shape index (κ1) is 17.9. The molecule has 0 aliphatic heterocycles. The normalized spacial score (nSPS) is 12.3. The number of nitrogens with zero attached hydrogens (tertiary/aromatic N) is 2. The minimum atomic E-state index is -4.49. The largest absolute Gasteiger partial charge is 0.416 e. The van der Waals surface area contributed by atoms with E-state index in [2.05, 4.69) is 10.9 Å². The number of aromatic nitrogens is 1. The molecule has 132 valence electrons. The number of rotatable bonds is 2. The SMILES string of the molecule is C#CCn1c(=NC(=O)c2ccc(C(F)(F)F)cc2)sc2cccc(F)c21. The number of fused-ring (bicyclic) bond motifs is 1. The van der Waals surface area contributed by atoms with Gasteiger partial charge in [0.2, 0.25) is 0 Å². The van der Waals surface area contributed by atoms with Gasteiger partial charge in [0, 0.05) is 5.56 Å². The summed E-state index contributed by atoms with van der Waals surface area (Å²) in [5, 5.41) is 0. The van der Waals surface area contributed by atoms with Gasteiger partial charge in [0.1, 0.15) is 5.82 Å². The Kier molecular flexibility index (Phi) is 4.66. The van der Waals surface area contributed by atoms with Crippen LogP contribution >= 0.6 is 11.3 Å². The van der Waals surface area contributed by atoms with E-state index in [4.69, 9.17) is 6.42 Å². The van der Waals surface area contributed by atoms with Gasteiger partial charge in [0.15, 0.2) is 4.80 Å². The molecule has 0 fully saturated rings. The number of amides is 1. The molecule has 3 rings (SSSR count). The number of carbonyl (C=O) groups is 1. The van der Waals surface area contributed by atoms with Crippen molar-refractivity contribution in [2.24, 2.45) is 4.99 Å². The number of para-hydroxylation sites is 1. The van der Waals surface area contributed by atoms with Crippen molar-refractivity contribution in [3.63, 3.8) is 0 Å². The molecule has 0 saturated heterocycles. The average molecular weight is 378 g/mol. The number of thiazole rings is 1. The molecule has 0 N–H and O–H groups in total. The van der Waals surface area contributed by atoms with Crippen LogP contribution in [0.3, 0.4) is 0 Å². The highest BCUT2D eigenvalue weighted by Crippen LogP contribution is 2.29. The van der Waals surface area contributed by atoms with E-state index in [0.29, 0.717) is 4.70 Å². The summed E-state index contributed by atoms with van der Waals surface area (Å²) in [6.45, 7) is 0.0000578. The van der Waals surface area contributed by atoms with Gasteiger partial charge in [-0.3, -0.25) is 4.79 Å². The van der Waals surface area contributed by atoms with E-state index in [0.717, 1.165) is 35.6 Å². The summed E-state index contributed by atoms with van der Waals surface area (Å²) in [6, 6.07) is 8.17. The summed E-state index contributed by atoms with van der Waals surface area (Å²) in [7, 11) is 0. The maximum atomic E-state index is 14.1. The topological polar surface area (TPSA) is 34.4 Å². The van der Waals surface area contributed by atoms with E-state index in [1.54, 1.807) is 6.07 Å². The van der Waals surface area contributed by atoms with Gasteiger partial charge in [-0.15, -0.1) is 6.42 Å². The molecule has 0 radical (unpaired) electrons. The van der Waals surface area contributed by atoms with Crippen molar-refractivity contribution >= 4 is 27.5 Å². The standard InChI is InChI=1S/C18H10F4N2OS/c1-2-10-24-15-13(19)4-3-5-14(15)26-17(24)23-16(25)11-6-8-12(9-7-11)18(20,21)22/h1,3-9H,10H2. The fourth-order valence-corrected chi connectivity index (χ4v) is 3.41. The Bertz CT molecular complexity index is 1090. The zero-order valence-corrected chi connectivity index (χ0v) is 13.9. The Morgan fingerprint density at radius 3 is 2.50 bits per heavy atom. The first-order chi connectivity index (χ1) is 12.3. The molecular weight excluding hydrogens is 368 g/mol. The van der Waals surface area contributed by atoms with Crippen LogP contribution < -0.4 is 4.80 Å². The Morgan fingerprint density at radius 2 is 1.88 bits per heavy atom. The van der Waals surface area contributed by atoms with Gasteiger partial charge in [-0.05, 0) is 36.4 Å². The third-order valence-corrected chi connectivity index (χ3v) is 4.60. The molecule has 0 bridgehead atoms. The summed E-state index contributed by atoms with van der Waals surface area (Å²) in [5.41, 5.74) is -0.641. The van der Waals surface area contributed by atoms with Crippen LogP contribution in [0.2, 0.25) is 0 Å². The predicted molar refractivity (Wildman–Crippen MR) is 89.9 cm³/mol. The monoisotopic (exact) mass is 378 g/mol. The highest BCUT2D eigenvalue weighted by atomic mass is 32.1. The van der Waals surface area contributed by atoms with Crippen LogP contribution in [0.5, 0.6) is 0 Å². The van der Waals surface area contributed by atoms with Crippen LogP contribution in [0, 0.1) is 18.2 Å². The van der Waals surface area contributed by atoms with Crippen LogP contribution in [0.15, 0.2) is 47.5 Å². The molecule has 2 aromatic carbocycles. The van der Waals surface area contributed by atoms with Gasteiger partial charge in [-0.1, -0.05) is 23.3 Å². The lowest BCUT2D eigenvalue weighted by Gasteiger charge is -2.06. The molecular formula is C18H10F4N2OS. The second kappa shape index (κ2) is 6.77. The molecule has 26 heavy (non-hydrogen) atoms. The Balaban J connectivity index is 2.07. The van der Waals surface area contributed by atoms with Crippen LogP contribution in [0.1, 0.15) is 15.9 Å². The Morgan fingerprint density at radius 1 is 1.19 bits per heavy atom. The molecule has 3 aromatic rings. The maximum absolute atomic E-state index is 14.1. The summed E-state index contributed by atoms with van der Waals surface area (Å²) < 4.78 is 53.8. The summed E-state index contributed by atoms with van der Waals surface area (Å²) in [4.78, 5) is 16.4. The smallest absolute Gasteiger partial charge is 0.302 e. The van der Waals surface area contributed by atoms with Gasteiger partial charge in [-0.25, -0.2) is 4.39 Å². The second-order valence-electron chi connectivity index (χ2n) is 5.25. The van der Waals surface area contributed by atoms with Crippen molar-refractivity contribution in [1.29, 1.82) is 0 Å². The molecule has 1 aromatic heterocycles. The van der Waals surface area contributed by atoms with Crippen molar-refractivity contribution in [1.82, 2.24) is 4.57 Å². The molecule has 0 spiro atoms. The minimum absolute atomic E-state index is 0.0000578. The lowest BCUT2D eigenvalue weighted by Crippen LogP contribution is -2.17. The van der Waals surface area contributed by atoms with Gasteiger partial charge in [-0.2, -0.15) is 18.2 Å². The van der Waals surface area contributed by atoms with Crippen molar-refractivity contribution in [3.05, 3.63) is 64.2 Å². The van der Waals surface area contributed by atoms with Gasteiger partial charge < -0.3 is 4.57 Å². The van der Waals surface area contributed by atoms with Crippen LogP contribution in [-0.4, -0.2) is 10.5 Å². The van der Waals surface area contributed by atoms with Crippen molar-refractivity contribution in [3.8, 4) is 12.3 Å². The molecule has 3 nitrogen and oxygen atoms in total. The predicted octanol–water partition coefficient (Wildman–Crippen LogP) is 4.24. The Hall–Kier alpha value is -2.92. The molecule has 0 unspecified atom stereocenters. The molecule has 0 aliphatic carbocycles. The van der Waals surface area contributed by atoms with Crippen molar-refractivity contribution in [2.45, 2.75) is 12.7 Å². The van der Waals surface area contributed by atoms with Gasteiger partial charge >= 0.3 is 6.18 Å². The lowest BCUT2D eigenvalue weighted by molar-refractivity contribution is -0.137. The summed E-state index contributed by atoms with van der Waals surface area (Å²) in [5.74, 6) is 1.13. The second-order valence-corrected chi connectivity index (χ2v) is 6.26. The lowest BCUT2D eigenvalue weighted by atomic mass is 10.1. The van der Waals surface area contributed by atoms with Crippen molar-refractivity contribution < 1.29 is 22.4 Å². The third kappa shape index (κ3) is 3.39. The average Bonchev–Trinajstić information content (AvgIpc) is 2.93. The number of hydrogen-bond acceptors (Lipinski definition) is 2. The number of halogens is 4. The number of terminal acetylenes is 1. The Labute approximate surface area is 149 Å². The van der Waals surface area contributed by atoms with Crippen LogP contribution in [-0.2, 0) is 12.7 Å². The highest BCUT2D eigenvalue weighted by molar-refractivity contribution is 7.16. The van der Waals surface area contributed by atoms with Gasteiger partial charge in [0.05, 0.1) is 22.3 Å². The fraction of sp³-hybridized carbons (Fsp3) is 0.111. The van der Waals surface area contributed by atoms with E-state index in [-0.39, 0.29) is 22.4 Å². The fourth-order valence-electron chi connectivity index (χ4n) is 2.36. The number of benzene rings is 2. The highest BCUT2D eigenvalue weighted by Gasteiger charge is 2.30. The maximum Gasteiger partial charge on any atom is 0.416 e. The zero-order chi connectivity index (χ0) is 18.9. The van der Waals surface area contributed by atoms with E-state index in [9.17, 15) is 22.4 Å². The summed E-state index contributed by atoms with van der Waals surface area (Å²) >= 11 is 1.07.